The van der Waals surface area contributed by atoms with Crippen molar-refractivity contribution in [2.75, 3.05) is 32.8 Å². The number of aliphatic imine (C=N–C) groups is 1. The second-order valence-electron chi connectivity index (χ2n) is 4.83. The Bertz CT molecular complexity index is 499. The number of guanidine groups is 1. The molecule has 7 heteroatoms. The van der Waals surface area contributed by atoms with Crippen molar-refractivity contribution in [1.82, 2.24) is 10.2 Å². The van der Waals surface area contributed by atoms with Crippen LogP contribution < -0.4 is 11.1 Å². The summed E-state index contributed by atoms with van der Waals surface area (Å²) < 4.78 is 5.28. The molecular weight excluding hydrogens is 395 g/mol. The minimum Gasteiger partial charge on any atom is -0.378 e. The van der Waals surface area contributed by atoms with Crippen LogP contribution in [0.1, 0.15) is 22.8 Å². The summed E-state index contributed by atoms with van der Waals surface area (Å²) >= 11 is 0. The topological polar surface area (TPSA) is 80.0 Å². The van der Waals surface area contributed by atoms with E-state index in [1.54, 1.807) is 12.1 Å². The minimum atomic E-state index is -0.0552. The van der Waals surface area contributed by atoms with Crippen molar-refractivity contribution in [1.29, 1.82) is 0 Å². The molecule has 0 aromatic heterocycles. The third kappa shape index (κ3) is 5.45. The Kier molecular flexibility index (Phi) is 8.18. The molecule has 3 N–H and O–H groups in total. The number of amides is 1. The highest BCUT2D eigenvalue weighted by Crippen LogP contribution is 2.06. The first kappa shape index (κ1) is 18.7. The molecule has 1 saturated heterocycles. The highest BCUT2D eigenvalue weighted by molar-refractivity contribution is 14.0. The molecule has 1 amide bonds. The number of hydrogen-bond donors (Lipinski definition) is 2. The molecule has 122 valence electrons. The molecule has 0 atom stereocenters. The van der Waals surface area contributed by atoms with E-state index in [0.717, 1.165) is 18.7 Å². The van der Waals surface area contributed by atoms with Crippen molar-refractivity contribution in [2.45, 2.75) is 13.5 Å². The van der Waals surface area contributed by atoms with E-state index in [1.807, 2.05) is 24.0 Å². The van der Waals surface area contributed by atoms with E-state index in [1.165, 1.54) is 0 Å². The van der Waals surface area contributed by atoms with Gasteiger partial charge in [0.25, 0.3) is 5.91 Å². The number of nitrogens with one attached hydrogen (secondary N) is 1. The van der Waals surface area contributed by atoms with Crippen molar-refractivity contribution in [2.24, 2.45) is 10.7 Å². The molecule has 0 radical (unpaired) electrons. The fraction of sp³-hybridized carbons (Fsp3) is 0.467. The minimum absolute atomic E-state index is 0. The molecule has 1 aromatic rings. The maximum absolute atomic E-state index is 11.7. The highest BCUT2D eigenvalue weighted by atomic mass is 127. The van der Waals surface area contributed by atoms with Gasteiger partial charge in [0.05, 0.1) is 19.8 Å². The summed E-state index contributed by atoms with van der Waals surface area (Å²) in [5.41, 5.74) is 7.66. The lowest BCUT2D eigenvalue weighted by Crippen LogP contribution is -2.44. The van der Waals surface area contributed by atoms with Crippen LogP contribution in [0.25, 0.3) is 0 Å². The molecule has 1 aromatic carbocycles. The molecule has 0 saturated carbocycles. The lowest BCUT2D eigenvalue weighted by atomic mass is 10.1. The third-order valence-electron chi connectivity index (χ3n) is 3.31. The van der Waals surface area contributed by atoms with Gasteiger partial charge in [0.15, 0.2) is 5.96 Å². The average molecular weight is 418 g/mol. The Balaban J connectivity index is 0.00000242. The van der Waals surface area contributed by atoms with Gasteiger partial charge in [-0.25, -0.2) is 4.99 Å². The van der Waals surface area contributed by atoms with Crippen LogP contribution in [-0.4, -0.2) is 49.6 Å². The molecular formula is C15H23IN4O2. The highest BCUT2D eigenvalue weighted by Gasteiger charge is 2.11. The number of halogens is 1. The summed E-state index contributed by atoms with van der Waals surface area (Å²) in [6.07, 6.45) is 0. The SMILES string of the molecule is CCNC(=O)c1ccc(CN=C(N)N2CCOCC2)cc1.I. The molecule has 2 rings (SSSR count). The van der Waals surface area contributed by atoms with Crippen molar-refractivity contribution >= 4 is 35.8 Å². The summed E-state index contributed by atoms with van der Waals surface area (Å²) in [7, 11) is 0. The summed E-state index contributed by atoms with van der Waals surface area (Å²) in [6, 6.07) is 7.42. The van der Waals surface area contributed by atoms with Gasteiger partial charge in [-0.3, -0.25) is 4.79 Å². The number of carbonyl (C=O) groups is 1. The molecule has 1 heterocycles. The van der Waals surface area contributed by atoms with Crippen molar-refractivity contribution in [3.05, 3.63) is 35.4 Å². The second kappa shape index (κ2) is 9.62. The number of carbonyl (C=O) groups excluding carboxylic acids is 1. The first-order valence-corrected chi connectivity index (χ1v) is 7.20. The van der Waals surface area contributed by atoms with E-state index >= 15 is 0 Å². The number of nitrogens with two attached hydrogens (primary N) is 1. The van der Waals surface area contributed by atoms with E-state index in [9.17, 15) is 4.79 Å². The molecule has 22 heavy (non-hydrogen) atoms. The third-order valence-corrected chi connectivity index (χ3v) is 3.31. The first-order valence-electron chi connectivity index (χ1n) is 7.20. The number of benzene rings is 1. The lowest BCUT2D eigenvalue weighted by molar-refractivity contribution is 0.0674. The van der Waals surface area contributed by atoms with Gasteiger partial charge in [0, 0.05) is 25.2 Å². The fourth-order valence-corrected chi connectivity index (χ4v) is 2.09. The molecule has 0 aliphatic carbocycles. The van der Waals surface area contributed by atoms with Crippen LogP contribution in [0.15, 0.2) is 29.3 Å². The van der Waals surface area contributed by atoms with Crippen molar-refractivity contribution in [3.8, 4) is 0 Å². The zero-order chi connectivity index (χ0) is 15.1. The monoisotopic (exact) mass is 418 g/mol. The Labute approximate surface area is 148 Å². The lowest BCUT2D eigenvalue weighted by Gasteiger charge is -2.27. The number of ether oxygens (including phenoxy) is 1. The van der Waals surface area contributed by atoms with Crippen LogP contribution in [-0.2, 0) is 11.3 Å². The number of nitrogens with zero attached hydrogens (tertiary/aromatic N) is 2. The van der Waals surface area contributed by atoms with Gasteiger partial charge in [-0.1, -0.05) is 12.1 Å². The van der Waals surface area contributed by atoms with E-state index < -0.39 is 0 Å². The van der Waals surface area contributed by atoms with Gasteiger partial charge in [-0.2, -0.15) is 0 Å². The van der Waals surface area contributed by atoms with Crippen LogP contribution in [0, 0.1) is 0 Å². The average Bonchev–Trinajstić information content (AvgIpc) is 2.54. The predicted molar refractivity (Wildman–Crippen MR) is 97.6 cm³/mol. The van der Waals surface area contributed by atoms with Crippen LogP contribution in [0.2, 0.25) is 0 Å². The molecule has 0 unspecified atom stereocenters. The summed E-state index contributed by atoms with van der Waals surface area (Å²) in [5, 5.41) is 2.77. The molecule has 1 fully saturated rings. The Morgan fingerprint density at radius 1 is 1.32 bits per heavy atom. The van der Waals surface area contributed by atoms with Gasteiger partial charge >= 0.3 is 0 Å². The van der Waals surface area contributed by atoms with Gasteiger partial charge in [0.1, 0.15) is 0 Å². The molecule has 1 aliphatic rings. The van der Waals surface area contributed by atoms with Crippen LogP contribution in [0.4, 0.5) is 0 Å². The van der Waals surface area contributed by atoms with Crippen LogP contribution in [0.3, 0.4) is 0 Å². The van der Waals surface area contributed by atoms with Gasteiger partial charge in [-0.05, 0) is 24.6 Å². The van der Waals surface area contributed by atoms with Crippen LogP contribution >= 0.6 is 24.0 Å². The molecule has 0 spiro atoms. The molecule has 1 aliphatic heterocycles. The second-order valence-corrected chi connectivity index (χ2v) is 4.83. The zero-order valence-corrected chi connectivity index (χ0v) is 15.1. The van der Waals surface area contributed by atoms with Gasteiger partial charge in [-0.15, -0.1) is 24.0 Å². The Morgan fingerprint density at radius 2 is 1.95 bits per heavy atom. The fourth-order valence-electron chi connectivity index (χ4n) is 2.09. The Hall–Kier alpha value is -1.35. The first-order chi connectivity index (χ1) is 10.2. The zero-order valence-electron chi connectivity index (χ0n) is 12.7. The van der Waals surface area contributed by atoms with E-state index in [2.05, 4.69) is 10.3 Å². The Morgan fingerprint density at radius 3 is 2.55 bits per heavy atom. The largest absolute Gasteiger partial charge is 0.378 e. The smallest absolute Gasteiger partial charge is 0.251 e. The standard InChI is InChI=1S/C15H22N4O2.HI/c1-2-17-14(20)13-5-3-12(4-6-13)11-18-15(16)19-7-9-21-10-8-19;/h3-6H,2,7-11H2,1H3,(H2,16,18)(H,17,20);1H. The summed E-state index contributed by atoms with van der Waals surface area (Å²) in [6.45, 7) is 5.99. The number of hydrogen-bond acceptors (Lipinski definition) is 3. The van der Waals surface area contributed by atoms with E-state index in [0.29, 0.717) is 37.8 Å². The van der Waals surface area contributed by atoms with Crippen LogP contribution in [0.5, 0.6) is 0 Å². The quantitative estimate of drug-likeness (QED) is 0.438. The molecule has 6 nitrogen and oxygen atoms in total. The van der Waals surface area contributed by atoms with Crippen molar-refractivity contribution < 1.29 is 9.53 Å². The number of rotatable bonds is 4. The van der Waals surface area contributed by atoms with E-state index in [4.69, 9.17) is 10.5 Å². The predicted octanol–water partition coefficient (Wildman–Crippen LogP) is 1.20. The maximum atomic E-state index is 11.7. The van der Waals surface area contributed by atoms with Gasteiger partial charge < -0.3 is 20.7 Å². The summed E-state index contributed by atoms with van der Waals surface area (Å²) in [5.74, 6) is 0.492. The normalized spacial score (nSPS) is 15.1. The van der Waals surface area contributed by atoms with Crippen molar-refractivity contribution in [3.63, 3.8) is 0 Å². The van der Waals surface area contributed by atoms with E-state index in [-0.39, 0.29) is 29.9 Å². The number of morpholine rings is 1. The van der Waals surface area contributed by atoms with Gasteiger partial charge in [0.2, 0.25) is 0 Å². The maximum Gasteiger partial charge on any atom is 0.251 e. The molecule has 0 bridgehead atoms. The summed E-state index contributed by atoms with van der Waals surface area (Å²) in [4.78, 5) is 18.1.